The minimum absolute atomic E-state index is 0.0872. The molecule has 33 heavy (non-hydrogen) atoms. The second-order valence-corrected chi connectivity index (χ2v) is 7.87. The van der Waals surface area contributed by atoms with Crippen LogP contribution in [0.15, 0.2) is 78.3 Å². The third-order valence-electron chi connectivity index (χ3n) is 4.73. The molecular formula is C24H19F3N4OS. The molecule has 0 aliphatic carbocycles. The molecule has 168 valence electrons. The molecule has 0 fully saturated rings. The Labute approximate surface area is 193 Å². The van der Waals surface area contributed by atoms with Gasteiger partial charge in [0.15, 0.2) is 11.8 Å². The van der Waals surface area contributed by atoms with E-state index in [1.165, 1.54) is 24.0 Å². The molecule has 3 heterocycles. The minimum atomic E-state index is -4.41. The highest BCUT2D eigenvalue weighted by Gasteiger charge is 2.28. The van der Waals surface area contributed by atoms with Gasteiger partial charge < -0.3 is 4.74 Å². The first-order chi connectivity index (χ1) is 15.9. The second-order valence-electron chi connectivity index (χ2n) is 7.10. The van der Waals surface area contributed by atoms with Crippen LogP contribution in [0.25, 0.3) is 22.4 Å². The molecule has 4 aromatic rings. The van der Waals surface area contributed by atoms with Gasteiger partial charge in [0.1, 0.15) is 0 Å². The van der Waals surface area contributed by atoms with Gasteiger partial charge in [0.05, 0.1) is 5.69 Å². The minimum Gasteiger partial charge on any atom is -0.468 e. The van der Waals surface area contributed by atoms with E-state index >= 15 is 0 Å². The van der Waals surface area contributed by atoms with Crippen LogP contribution in [0.2, 0.25) is 0 Å². The van der Waals surface area contributed by atoms with Crippen molar-refractivity contribution in [1.82, 2.24) is 19.9 Å². The quantitative estimate of drug-likeness (QED) is 0.250. The van der Waals surface area contributed by atoms with Crippen LogP contribution in [0.1, 0.15) is 11.3 Å². The van der Waals surface area contributed by atoms with Crippen molar-refractivity contribution in [3.05, 3.63) is 84.4 Å². The van der Waals surface area contributed by atoms with Gasteiger partial charge in [-0.1, -0.05) is 42.1 Å². The van der Waals surface area contributed by atoms with E-state index in [0.29, 0.717) is 22.8 Å². The highest BCUT2D eigenvalue weighted by molar-refractivity contribution is 7.98. The maximum atomic E-state index is 12.3. The number of aromatic nitrogens is 4. The summed E-state index contributed by atoms with van der Waals surface area (Å²) in [6.07, 6.45) is 3.20. The molecule has 5 nitrogen and oxygen atoms in total. The lowest BCUT2D eigenvalue weighted by Gasteiger charge is -2.11. The first-order valence-electron chi connectivity index (χ1n) is 9.97. The summed E-state index contributed by atoms with van der Waals surface area (Å²) in [5, 5.41) is 0.717. The maximum absolute atomic E-state index is 12.3. The summed E-state index contributed by atoms with van der Waals surface area (Å²) in [7, 11) is 0. The third-order valence-corrected chi connectivity index (χ3v) is 5.31. The van der Waals surface area contributed by atoms with E-state index in [-0.39, 0.29) is 5.88 Å². The summed E-state index contributed by atoms with van der Waals surface area (Å²) in [5.41, 5.74) is 5.25. The molecule has 9 heteroatoms. The molecule has 1 aromatic carbocycles. The van der Waals surface area contributed by atoms with Gasteiger partial charge in [0, 0.05) is 47.9 Å². The first-order valence-corrected chi connectivity index (χ1v) is 11.2. The van der Waals surface area contributed by atoms with Gasteiger partial charge in [0.2, 0.25) is 5.88 Å². The molecule has 0 N–H and O–H groups in total. The lowest BCUT2D eigenvalue weighted by Crippen LogP contribution is -2.19. The molecule has 4 rings (SSSR count). The monoisotopic (exact) mass is 468 g/mol. The van der Waals surface area contributed by atoms with Gasteiger partial charge in [-0.3, -0.25) is 4.98 Å². The lowest BCUT2D eigenvalue weighted by atomic mass is 9.98. The average Bonchev–Trinajstić information content (AvgIpc) is 2.83. The normalized spacial score (nSPS) is 11.4. The summed E-state index contributed by atoms with van der Waals surface area (Å²) >= 11 is 1.49. The van der Waals surface area contributed by atoms with E-state index < -0.39 is 12.8 Å². The van der Waals surface area contributed by atoms with E-state index in [9.17, 15) is 13.2 Å². The van der Waals surface area contributed by atoms with E-state index in [2.05, 4.69) is 19.7 Å². The molecule has 0 spiro atoms. The zero-order valence-corrected chi connectivity index (χ0v) is 18.4. The summed E-state index contributed by atoms with van der Waals surface area (Å²) in [6, 6.07) is 16.7. The van der Waals surface area contributed by atoms with Crippen LogP contribution >= 0.6 is 11.8 Å². The second kappa shape index (κ2) is 9.99. The Hall–Kier alpha value is -3.46. The van der Waals surface area contributed by atoms with E-state index in [1.807, 2.05) is 61.1 Å². The van der Waals surface area contributed by atoms with Crippen LogP contribution in [-0.2, 0) is 6.42 Å². The van der Waals surface area contributed by atoms with E-state index in [0.717, 1.165) is 22.4 Å². The Morgan fingerprint density at radius 2 is 1.61 bits per heavy atom. The average molecular weight is 469 g/mol. The lowest BCUT2D eigenvalue weighted by molar-refractivity contribution is -0.154. The number of hydrogen-bond donors (Lipinski definition) is 0. The fourth-order valence-corrected chi connectivity index (χ4v) is 3.54. The Kier molecular flexibility index (Phi) is 6.88. The Balaban J connectivity index is 1.53. The number of thioether (sulfide) groups is 1. The third kappa shape index (κ3) is 6.07. The van der Waals surface area contributed by atoms with Crippen LogP contribution < -0.4 is 4.74 Å². The molecular weight excluding hydrogens is 449 g/mol. The van der Waals surface area contributed by atoms with Crippen molar-refractivity contribution in [2.24, 2.45) is 0 Å². The van der Waals surface area contributed by atoms with Gasteiger partial charge >= 0.3 is 6.18 Å². The number of nitrogens with zero attached hydrogens (tertiary/aromatic N) is 4. The van der Waals surface area contributed by atoms with Gasteiger partial charge in [0.25, 0.3) is 0 Å². The number of hydrogen-bond acceptors (Lipinski definition) is 6. The highest BCUT2D eigenvalue weighted by Crippen LogP contribution is 2.26. The molecule has 0 aliphatic rings. The summed E-state index contributed by atoms with van der Waals surface area (Å²) in [6.45, 7) is -1.38. The number of ether oxygens (including phenoxy) is 1. The molecule has 0 unspecified atom stereocenters. The Morgan fingerprint density at radius 3 is 2.30 bits per heavy atom. The van der Waals surface area contributed by atoms with Crippen LogP contribution in [0.4, 0.5) is 13.2 Å². The van der Waals surface area contributed by atoms with Gasteiger partial charge in [-0.25, -0.2) is 15.0 Å². The zero-order chi connectivity index (χ0) is 23.3. The summed E-state index contributed by atoms with van der Waals surface area (Å²) in [5.74, 6) is -0.0872. The standard InChI is InChI=1S/C24H19F3N4OS/c1-33-23-29-13-18(14-30-23)20-7-3-2-5-16(20)11-19-6-4-8-21(31-19)17-9-10-22(28-12-17)32-15-24(25,26)27/h2-10,12-14H,11,15H2,1H3. The Bertz CT molecular complexity index is 1220. The number of pyridine rings is 2. The first kappa shape index (κ1) is 22.7. The SMILES string of the molecule is CSc1ncc(-c2ccccc2Cc2cccc(-c3ccc(OCC(F)(F)F)nc3)n2)cn1. The fraction of sp³-hybridized carbons (Fsp3) is 0.167. The molecule has 3 aromatic heterocycles. The van der Waals surface area contributed by atoms with Crippen LogP contribution in [-0.4, -0.2) is 39.0 Å². The van der Waals surface area contributed by atoms with Gasteiger partial charge in [-0.2, -0.15) is 13.2 Å². The highest BCUT2D eigenvalue weighted by atomic mass is 32.2. The molecule has 0 amide bonds. The largest absolute Gasteiger partial charge is 0.468 e. The Morgan fingerprint density at radius 1 is 0.848 bits per heavy atom. The van der Waals surface area contributed by atoms with Crippen LogP contribution in [0, 0.1) is 0 Å². The van der Waals surface area contributed by atoms with Crippen molar-refractivity contribution in [2.75, 3.05) is 12.9 Å². The molecule has 0 atom stereocenters. The molecule has 0 aliphatic heterocycles. The summed E-state index contributed by atoms with van der Waals surface area (Å²) in [4.78, 5) is 17.4. The molecule has 0 saturated heterocycles. The predicted molar refractivity (Wildman–Crippen MR) is 121 cm³/mol. The number of benzene rings is 1. The van der Waals surface area contributed by atoms with Crippen molar-refractivity contribution >= 4 is 11.8 Å². The van der Waals surface area contributed by atoms with Crippen LogP contribution in [0.5, 0.6) is 5.88 Å². The predicted octanol–water partition coefficient (Wildman–Crippen LogP) is 5.85. The van der Waals surface area contributed by atoms with E-state index in [4.69, 9.17) is 4.98 Å². The van der Waals surface area contributed by atoms with Crippen molar-refractivity contribution < 1.29 is 17.9 Å². The number of rotatable bonds is 7. The maximum Gasteiger partial charge on any atom is 0.422 e. The molecule has 0 radical (unpaired) electrons. The van der Waals surface area contributed by atoms with Crippen LogP contribution in [0.3, 0.4) is 0 Å². The summed E-state index contributed by atoms with van der Waals surface area (Å²) < 4.78 is 41.6. The van der Waals surface area contributed by atoms with Crippen molar-refractivity contribution in [2.45, 2.75) is 17.8 Å². The van der Waals surface area contributed by atoms with E-state index in [1.54, 1.807) is 6.07 Å². The molecule has 0 saturated carbocycles. The zero-order valence-electron chi connectivity index (χ0n) is 17.6. The topological polar surface area (TPSA) is 60.8 Å². The smallest absolute Gasteiger partial charge is 0.422 e. The fourth-order valence-electron chi connectivity index (χ4n) is 3.22. The molecule has 0 bridgehead atoms. The van der Waals surface area contributed by atoms with Crippen molar-refractivity contribution in [3.63, 3.8) is 0 Å². The van der Waals surface area contributed by atoms with Crippen molar-refractivity contribution in [3.8, 4) is 28.3 Å². The van der Waals surface area contributed by atoms with Crippen molar-refractivity contribution in [1.29, 1.82) is 0 Å². The van der Waals surface area contributed by atoms with Gasteiger partial charge in [-0.05, 0) is 35.6 Å². The van der Waals surface area contributed by atoms with Gasteiger partial charge in [-0.15, -0.1) is 0 Å². The number of halogens is 3. The number of alkyl halides is 3.